The van der Waals surface area contributed by atoms with Crippen LogP contribution in [0.4, 0.5) is 0 Å². The van der Waals surface area contributed by atoms with Crippen LogP contribution in [0.15, 0.2) is 0 Å². The van der Waals surface area contributed by atoms with Crippen LogP contribution in [0.3, 0.4) is 0 Å². The zero-order valence-electron chi connectivity index (χ0n) is 40.6. The van der Waals surface area contributed by atoms with Crippen molar-refractivity contribution < 1.29 is 23.8 Å². The summed E-state index contributed by atoms with van der Waals surface area (Å²) in [4.78, 5) is 24.7. The monoisotopic (exact) mass is 824 g/mol. The number of rotatable bonds is 46. The summed E-state index contributed by atoms with van der Waals surface area (Å²) < 4.78 is 17.7. The minimum absolute atomic E-state index is 0.00442. The second kappa shape index (κ2) is 50.2. The zero-order valence-corrected chi connectivity index (χ0v) is 40.6. The van der Waals surface area contributed by atoms with E-state index in [2.05, 4.69) is 39.9 Å². The number of carbonyl (C=O) groups is 2. The Morgan fingerprint density at radius 1 is 0.397 bits per heavy atom. The van der Waals surface area contributed by atoms with Gasteiger partial charge in [-0.2, -0.15) is 0 Å². The van der Waals surface area contributed by atoms with E-state index in [1.807, 2.05) is 13.8 Å². The van der Waals surface area contributed by atoms with E-state index < -0.39 is 0 Å². The fourth-order valence-electron chi connectivity index (χ4n) is 8.05. The molecule has 0 radical (unpaired) electrons. The number of unbranched alkanes of at least 4 members (excludes halogenated alkanes) is 18. The first-order valence-electron chi connectivity index (χ1n) is 26.1. The molecule has 0 spiro atoms. The lowest BCUT2D eigenvalue weighted by Crippen LogP contribution is -2.19. The highest BCUT2D eigenvalue weighted by atomic mass is 16.5. The van der Waals surface area contributed by atoms with Gasteiger partial charge in [-0.25, -0.2) is 0 Å². The lowest BCUT2D eigenvalue weighted by atomic mass is 9.92. The third-order valence-corrected chi connectivity index (χ3v) is 11.9. The van der Waals surface area contributed by atoms with Crippen molar-refractivity contribution in [1.82, 2.24) is 5.32 Å². The molecule has 1 N–H and O–H groups in total. The Bertz CT molecular complexity index is 729. The van der Waals surface area contributed by atoms with Gasteiger partial charge in [-0.1, -0.05) is 215 Å². The molecule has 0 heterocycles. The van der Waals surface area contributed by atoms with Gasteiger partial charge in [0.2, 0.25) is 0 Å². The molecule has 6 heteroatoms. The quantitative estimate of drug-likeness (QED) is 0.0487. The summed E-state index contributed by atoms with van der Waals surface area (Å²) in [7, 11) is 0. The van der Waals surface area contributed by atoms with E-state index in [9.17, 15) is 9.59 Å². The molecule has 0 bridgehead atoms. The molecule has 0 atom stereocenters. The highest BCUT2D eigenvalue weighted by Gasteiger charge is 2.13. The Labute approximate surface area is 364 Å². The van der Waals surface area contributed by atoms with Crippen LogP contribution in [0.5, 0.6) is 0 Å². The molecule has 0 unspecified atom stereocenters. The fourth-order valence-corrected chi connectivity index (χ4v) is 8.05. The van der Waals surface area contributed by atoms with Gasteiger partial charge in [-0.15, -0.1) is 0 Å². The maximum Gasteiger partial charge on any atom is 0.305 e. The molecular weight excluding hydrogens is 719 g/mol. The summed E-state index contributed by atoms with van der Waals surface area (Å²) in [5.41, 5.74) is 0. The van der Waals surface area contributed by atoms with E-state index in [4.69, 9.17) is 14.2 Å². The van der Waals surface area contributed by atoms with Crippen molar-refractivity contribution >= 4 is 11.9 Å². The number of carbonyl (C=O) groups excluding carboxylic acids is 2. The smallest absolute Gasteiger partial charge is 0.305 e. The van der Waals surface area contributed by atoms with Gasteiger partial charge >= 0.3 is 11.9 Å². The maximum absolute atomic E-state index is 12.3. The van der Waals surface area contributed by atoms with Crippen LogP contribution in [0, 0.1) is 11.8 Å². The van der Waals surface area contributed by atoms with E-state index in [0.29, 0.717) is 32.2 Å². The molecule has 348 valence electrons. The maximum atomic E-state index is 12.3. The van der Waals surface area contributed by atoms with Crippen molar-refractivity contribution in [2.45, 2.75) is 279 Å². The Balaban J connectivity index is 0. The molecule has 0 aromatic rings. The predicted molar refractivity (Wildman–Crippen MR) is 253 cm³/mol. The first kappa shape index (κ1) is 59.0. The number of hydrogen-bond donors (Lipinski definition) is 1. The Morgan fingerprint density at radius 3 is 1.10 bits per heavy atom. The normalized spacial score (nSPS) is 11.4. The van der Waals surface area contributed by atoms with Crippen LogP contribution in [0.1, 0.15) is 273 Å². The van der Waals surface area contributed by atoms with Gasteiger partial charge < -0.3 is 19.5 Å². The van der Waals surface area contributed by atoms with Gasteiger partial charge in [0.25, 0.3) is 0 Å². The van der Waals surface area contributed by atoms with Crippen LogP contribution in [0.2, 0.25) is 0 Å². The average Bonchev–Trinajstić information content (AvgIpc) is 3.23. The van der Waals surface area contributed by atoms with Gasteiger partial charge in [0.1, 0.15) is 0 Å². The lowest BCUT2D eigenvalue weighted by Gasteiger charge is -2.18. The minimum atomic E-state index is 0.00442. The van der Waals surface area contributed by atoms with Crippen molar-refractivity contribution in [2.24, 2.45) is 11.8 Å². The van der Waals surface area contributed by atoms with E-state index in [-0.39, 0.29) is 11.9 Å². The van der Waals surface area contributed by atoms with Crippen LogP contribution < -0.4 is 5.32 Å². The van der Waals surface area contributed by atoms with Gasteiger partial charge in [0, 0.05) is 19.4 Å². The summed E-state index contributed by atoms with van der Waals surface area (Å²) in [6, 6.07) is 0. The molecule has 0 aromatic carbocycles. The fraction of sp³-hybridized carbons (Fsp3) is 0.962. The summed E-state index contributed by atoms with van der Waals surface area (Å²) in [5.74, 6) is 1.45. The third kappa shape index (κ3) is 44.4. The molecular formula is C52H105NO5. The summed E-state index contributed by atoms with van der Waals surface area (Å²) >= 11 is 0. The summed E-state index contributed by atoms with van der Waals surface area (Å²) in [6.07, 6.45) is 41.8. The number of esters is 2. The average molecular weight is 824 g/mol. The van der Waals surface area contributed by atoms with E-state index in [1.54, 1.807) is 0 Å². The number of ether oxygens (including phenoxy) is 3. The molecule has 0 aliphatic carbocycles. The molecule has 0 saturated heterocycles. The van der Waals surface area contributed by atoms with Crippen LogP contribution in [-0.4, -0.2) is 51.0 Å². The minimum Gasteiger partial charge on any atom is -0.466 e. The van der Waals surface area contributed by atoms with Gasteiger partial charge in [-0.05, 0) is 69.9 Å². The van der Waals surface area contributed by atoms with Crippen LogP contribution >= 0.6 is 0 Å². The molecule has 0 amide bonds. The SMILES string of the molecule is CC.CCCCCC(CCCCC)CCOC(=O)CCCCCCCCC(CCCCCCCCC(=O)OCCC(CCCCC)CCCCC)OCCCNCC. The van der Waals surface area contributed by atoms with Crippen molar-refractivity contribution in [3.8, 4) is 0 Å². The molecule has 0 aliphatic heterocycles. The van der Waals surface area contributed by atoms with Crippen molar-refractivity contribution in [2.75, 3.05) is 32.9 Å². The molecule has 0 aromatic heterocycles. The molecule has 58 heavy (non-hydrogen) atoms. The summed E-state index contributed by atoms with van der Waals surface area (Å²) in [6.45, 7) is 19.3. The summed E-state index contributed by atoms with van der Waals surface area (Å²) in [5, 5.41) is 3.41. The van der Waals surface area contributed by atoms with Crippen molar-refractivity contribution in [3.63, 3.8) is 0 Å². The molecule has 0 rings (SSSR count). The molecule has 0 aliphatic rings. The van der Waals surface area contributed by atoms with E-state index in [1.165, 1.54) is 154 Å². The zero-order chi connectivity index (χ0) is 43.0. The van der Waals surface area contributed by atoms with Gasteiger partial charge in [-0.3, -0.25) is 9.59 Å². The predicted octanol–water partition coefficient (Wildman–Crippen LogP) is 16.1. The Hall–Kier alpha value is -1.14. The van der Waals surface area contributed by atoms with Crippen molar-refractivity contribution in [3.05, 3.63) is 0 Å². The van der Waals surface area contributed by atoms with Crippen molar-refractivity contribution in [1.29, 1.82) is 0 Å². The first-order valence-corrected chi connectivity index (χ1v) is 26.1. The lowest BCUT2D eigenvalue weighted by molar-refractivity contribution is -0.145. The highest BCUT2D eigenvalue weighted by Crippen LogP contribution is 2.23. The van der Waals surface area contributed by atoms with Crippen LogP contribution in [0.25, 0.3) is 0 Å². The largest absolute Gasteiger partial charge is 0.466 e. The van der Waals surface area contributed by atoms with Gasteiger partial charge in [0.05, 0.1) is 19.3 Å². The molecule has 0 saturated carbocycles. The van der Waals surface area contributed by atoms with Crippen LogP contribution in [-0.2, 0) is 23.8 Å². The van der Waals surface area contributed by atoms with E-state index >= 15 is 0 Å². The first-order chi connectivity index (χ1) is 28.5. The van der Waals surface area contributed by atoms with E-state index in [0.717, 1.165) is 89.3 Å². The standard InChI is InChI=1S/C50H99NO5.C2H6/c1-6-11-23-32-46(33-24-12-7-2)40-44-55-49(52)38-29-21-17-15-19-27-36-48(54-43-31-42-51-10-5)37-28-20-16-18-22-30-39-50(53)56-45-41-47(34-25-13-8-3)35-26-14-9-4;1-2/h46-48,51H,6-45H2,1-5H3;1-2H3. The third-order valence-electron chi connectivity index (χ3n) is 11.9. The Kier molecular flexibility index (Phi) is 51.0. The highest BCUT2D eigenvalue weighted by molar-refractivity contribution is 5.69. The number of nitrogens with one attached hydrogen (secondary N) is 1. The molecule has 6 nitrogen and oxygen atoms in total. The second-order valence-electron chi connectivity index (χ2n) is 17.3. The second-order valence-corrected chi connectivity index (χ2v) is 17.3. The Morgan fingerprint density at radius 2 is 0.741 bits per heavy atom. The molecule has 0 fully saturated rings. The topological polar surface area (TPSA) is 73.9 Å². The van der Waals surface area contributed by atoms with Gasteiger partial charge in [0.15, 0.2) is 0 Å². The number of hydrogen-bond acceptors (Lipinski definition) is 6.